The third kappa shape index (κ3) is 3.39. The molecular weight excluding hydrogens is 244 g/mol. The summed E-state index contributed by atoms with van der Waals surface area (Å²) in [7, 11) is 0. The van der Waals surface area contributed by atoms with Crippen molar-refractivity contribution in [1.82, 2.24) is 0 Å². The van der Waals surface area contributed by atoms with Crippen LogP contribution in [0.4, 0.5) is 5.69 Å². The monoisotopic (exact) mass is 264 g/mol. The quantitative estimate of drug-likeness (QED) is 0.888. The van der Waals surface area contributed by atoms with Crippen molar-refractivity contribution >= 4 is 5.69 Å². The molecule has 0 saturated carbocycles. The molecule has 0 spiro atoms. The number of hydrogen-bond acceptors (Lipinski definition) is 2. The van der Waals surface area contributed by atoms with Gasteiger partial charge in [0, 0.05) is 12.2 Å². The summed E-state index contributed by atoms with van der Waals surface area (Å²) in [5.74, 6) is 0. The van der Waals surface area contributed by atoms with Crippen LogP contribution in [0.25, 0.3) is 0 Å². The van der Waals surface area contributed by atoms with Gasteiger partial charge in [0.25, 0.3) is 0 Å². The molecule has 1 N–H and O–H groups in total. The minimum Gasteiger partial charge on any atom is -0.381 e. The van der Waals surface area contributed by atoms with E-state index in [-0.39, 0.29) is 0 Å². The summed E-state index contributed by atoms with van der Waals surface area (Å²) in [6.45, 7) is 6.77. The van der Waals surface area contributed by atoms with Crippen LogP contribution in [0.15, 0.2) is 48.5 Å². The van der Waals surface area contributed by atoms with E-state index in [0.717, 1.165) is 17.8 Å². The molecule has 0 unspecified atom stereocenters. The van der Waals surface area contributed by atoms with Gasteiger partial charge < -0.3 is 5.32 Å². The van der Waals surface area contributed by atoms with E-state index in [9.17, 15) is 0 Å². The van der Waals surface area contributed by atoms with Gasteiger partial charge in [0.1, 0.15) is 0 Å². The maximum Gasteiger partial charge on any atom is 0.0766 e. The Bertz CT molecular complexity index is 619. The molecule has 0 bridgehead atoms. The standard InChI is InChI=1S/C18H20N2/c1-14-5-4-6-15(11-14)12-20-17-9-7-16(8-10-17)18(2,3)13-19/h4-11,20H,12H2,1-3H3. The summed E-state index contributed by atoms with van der Waals surface area (Å²) in [6.07, 6.45) is 0. The van der Waals surface area contributed by atoms with Crippen LogP contribution in [-0.2, 0) is 12.0 Å². The summed E-state index contributed by atoms with van der Waals surface area (Å²) >= 11 is 0. The third-order valence-corrected chi connectivity index (χ3v) is 3.47. The van der Waals surface area contributed by atoms with Gasteiger partial charge in [-0.2, -0.15) is 5.26 Å². The highest BCUT2D eigenvalue weighted by molar-refractivity contribution is 5.47. The van der Waals surface area contributed by atoms with E-state index in [1.165, 1.54) is 11.1 Å². The molecule has 0 aromatic heterocycles. The van der Waals surface area contributed by atoms with Crippen molar-refractivity contribution in [2.45, 2.75) is 32.7 Å². The zero-order chi connectivity index (χ0) is 14.6. The van der Waals surface area contributed by atoms with Gasteiger partial charge in [0.2, 0.25) is 0 Å². The van der Waals surface area contributed by atoms with Crippen molar-refractivity contribution in [3.8, 4) is 6.07 Å². The summed E-state index contributed by atoms with van der Waals surface area (Å²) in [6, 6.07) is 18.9. The van der Waals surface area contributed by atoms with Crippen LogP contribution in [0.5, 0.6) is 0 Å². The zero-order valence-electron chi connectivity index (χ0n) is 12.3. The van der Waals surface area contributed by atoms with E-state index in [0.29, 0.717) is 0 Å². The van der Waals surface area contributed by atoms with E-state index < -0.39 is 5.41 Å². The Labute approximate surface area is 121 Å². The molecular formula is C18H20N2. The maximum atomic E-state index is 9.13. The fraction of sp³-hybridized carbons (Fsp3) is 0.278. The highest BCUT2D eigenvalue weighted by Gasteiger charge is 2.18. The summed E-state index contributed by atoms with van der Waals surface area (Å²) < 4.78 is 0. The summed E-state index contributed by atoms with van der Waals surface area (Å²) in [5.41, 5.74) is 4.22. The minimum absolute atomic E-state index is 0.435. The lowest BCUT2D eigenvalue weighted by Crippen LogP contribution is -2.13. The van der Waals surface area contributed by atoms with E-state index in [2.05, 4.69) is 42.6 Å². The van der Waals surface area contributed by atoms with E-state index in [4.69, 9.17) is 5.26 Å². The van der Waals surface area contributed by atoms with Crippen molar-refractivity contribution in [3.05, 3.63) is 65.2 Å². The van der Waals surface area contributed by atoms with E-state index >= 15 is 0 Å². The predicted octanol–water partition coefficient (Wildman–Crippen LogP) is 4.41. The largest absolute Gasteiger partial charge is 0.381 e. The number of benzene rings is 2. The number of hydrogen-bond donors (Lipinski definition) is 1. The second-order valence-corrected chi connectivity index (χ2v) is 5.66. The number of aryl methyl sites for hydroxylation is 1. The van der Waals surface area contributed by atoms with Crippen molar-refractivity contribution in [2.75, 3.05) is 5.32 Å². The van der Waals surface area contributed by atoms with Crippen molar-refractivity contribution in [3.63, 3.8) is 0 Å². The van der Waals surface area contributed by atoms with Crippen LogP contribution < -0.4 is 5.32 Å². The number of rotatable bonds is 4. The normalized spacial score (nSPS) is 10.9. The Morgan fingerprint density at radius 2 is 1.80 bits per heavy atom. The molecule has 0 radical (unpaired) electrons. The predicted molar refractivity (Wildman–Crippen MR) is 83.6 cm³/mol. The fourth-order valence-corrected chi connectivity index (χ4v) is 2.10. The van der Waals surface area contributed by atoms with Crippen molar-refractivity contribution < 1.29 is 0 Å². The molecule has 102 valence electrons. The summed E-state index contributed by atoms with van der Waals surface area (Å²) in [5, 5.41) is 12.5. The SMILES string of the molecule is Cc1cccc(CNc2ccc(C(C)(C)C#N)cc2)c1. The average Bonchev–Trinajstić information content (AvgIpc) is 2.46. The van der Waals surface area contributed by atoms with E-state index in [1.54, 1.807) is 0 Å². The lowest BCUT2D eigenvalue weighted by Gasteiger charge is -2.16. The molecule has 2 nitrogen and oxygen atoms in total. The first-order chi connectivity index (χ1) is 9.51. The number of nitrogens with one attached hydrogen (secondary N) is 1. The lowest BCUT2D eigenvalue weighted by atomic mass is 9.86. The molecule has 0 heterocycles. The van der Waals surface area contributed by atoms with Crippen LogP contribution in [-0.4, -0.2) is 0 Å². The van der Waals surface area contributed by atoms with Crippen LogP contribution in [0, 0.1) is 18.3 Å². The number of nitrogens with zero attached hydrogens (tertiary/aromatic N) is 1. The lowest BCUT2D eigenvalue weighted by molar-refractivity contribution is 0.687. The van der Waals surface area contributed by atoms with E-state index in [1.807, 2.05) is 38.1 Å². The van der Waals surface area contributed by atoms with Gasteiger partial charge in [-0.15, -0.1) is 0 Å². The van der Waals surface area contributed by atoms with Crippen molar-refractivity contribution in [2.24, 2.45) is 0 Å². The molecule has 20 heavy (non-hydrogen) atoms. The first kappa shape index (κ1) is 14.1. The Morgan fingerprint density at radius 3 is 2.40 bits per heavy atom. The smallest absolute Gasteiger partial charge is 0.0766 e. The molecule has 0 atom stereocenters. The molecule has 0 fully saturated rings. The van der Waals surface area contributed by atoms with Gasteiger partial charge >= 0.3 is 0 Å². The van der Waals surface area contributed by atoms with Gasteiger partial charge in [-0.25, -0.2) is 0 Å². The van der Waals surface area contributed by atoms with Crippen molar-refractivity contribution in [1.29, 1.82) is 5.26 Å². The highest BCUT2D eigenvalue weighted by atomic mass is 14.9. The first-order valence-electron chi connectivity index (χ1n) is 6.82. The summed E-state index contributed by atoms with van der Waals surface area (Å²) in [4.78, 5) is 0. The maximum absolute atomic E-state index is 9.13. The van der Waals surface area contributed by atoms with Gasteiger partial charge in [0.05, 0.1) is 11.5 Å². The second kappa shape index (κ2) is 5.79. The Balaban J connectivity index is 2.03. The van der Waals surface area contributed by atoms with Gasteiger partial charge in [-0.3, -0.25) is 0 Å². The van der Waals surface area contributed by atoms with Crippen LogP contribution in [0.2, 0.25) is 0 Å². The Morgan fingerprint density at radius 1 is 1.10 bits per heavy atom. The number of anilines is 1. The molecule has 2 heteroatoms. The number of nitriles is 1. The Hall–Kier alpha value is -2.27. The molecule has 0 aliphatic rings. The topological polar surface area (TPSA) is 35.8 Å². The van der Waals surface area contributed by atoms with Gasteiger partial charge in [0.15, 0.2) is 0 Å². The average molecular weight is 264 g/mol. The molecule has 0 saturated heterocycles. The Kier molecular flexibility index (Phi) is 4.10. The highest BCUT2D eigenvalue weighted by Crippen LogP contribution is 2.23. The third-order valence-electron chi connectivity index (χ3n) is 3.47. The second-order valence-electron chi connectivity index (χ2n) is 5.66. The molecule has 2 rings (SSSR count). The first-order valence-corrected chi connectivity index (χ1v) is 6.82. The van der Waals surface area contributed by atoms with Gasteiger partial charge in [-0.1, -0.05) is 42.0 Å². The fourth-order valence-electron chi connectivity index (χ4n) is 2.10. The zero-order valence-corrected chi connectivity index (χ0v) is 12.3. The molecule has 2 aromatic carbocycles. The molecule has 0 amide bonds. The molecule has 0 aliphatic heterocycles. The van der Waals surface area contributed by atoms with Crippen LogP contribution in [0.3, 0.4) is 0 Å². The molecule has 0 aliphatic carbocycles. The molecule has 2 aromatic rings. The van der Waals surface area contributed by atoms with Gasteiger partial charge in [-0.05, 0) is 44.0 Å². The minimum atomic E-state index is -0.435. The van der Waals surface area contributed by atoms with Crippen LogP contribution >= 0.6 is 0 Å². The van der Waals surface area contributed by atoms with Crippen LogP contribution in [0.1, 0.15) is 30.5 Å².